The number of piperidine rings is 4. The number of hydrogen-bond donors (Lipinski definition) is 6. The number of pyridine rings is 3. The van der Waals surface area contributed by atoms with E-state index in [1.807, 2.05) is 29.4 Å². The van der Waals surface area contributed by atoms with E-state index in [1.54, 1.807) is 0 Å². The standard InChI is InChI=1S/C26H32F2N10O2.C26H31F2N9O3.C24H28F2N8O2/c1-34-14-18(15-34)35-6-8-37(9-7-35)26(40)16-2-4-36(5-3-16)22-19(28)11-30-12-20(22)32-25(39)21-23(29)33-38-13-17(27)10-31-24(21)38;1-26(14-40-15-26)36-8-6-35(7-9-36)25(39)16-2-4-34(5-3-16)21-18(28)11-30-12-19(21)32-24(38)20-22(29)33-37-13-17(27)10-31-23(20)37;1-14-2-6-33(7-3-14)24(36)15-4-8-32(9-5-15)20-17(26)11-28-12-18(20)30-23(35)19-21(27)31-34-13-16(25)10-29-22(19)34/h10-13,16,18H,2-9,14-15H2,1H3,(H2,29,33)(H,32,39);10-13,16H,2-9,14-15H2,1H3,(H2,29,33)(H,32,38);10-15H,2-9H2,1H3,(H2,27,31)(H,30,35). The lowest BCUT2D eigenvalue weighted by molar-refractivity contribution is -0.152. The zero-order valence-corrected chi connectivity index (χ0v) is 64.4. The third kappa shape index (κ3) is 16.6. The summed E-state index contributed by atoms with van der Waals surface area (Å²) in [5, 5.41) is 19.8. The summed E-state index contributed by atoms with van der Waals surface area (Å²) in [5.74, 6) is -5.32. The molecule has 8 saturated heterocycles. The topological polar surface area (TPSA) is 384 Å². The van der Waals surface area contributed by atoms with Gasteiger partial charge in [-0.1, -0.05) is 6.92 Å². The third-order valence-corrected chi connectivity index (χ3v) is 23.4. The highest BCUT2D eigenvalue weighted by Gasteiger charge is 2.43. The second-order valence-corrected chi connectivity index (χ2v) is 31.1. The number of nitrogens with one attached hydrogen (secondary N) is 3. The zero-order chi connectivity index (χ0) is 81.4. The van der Waals surface area contributed by atoms with Crippen LogP contribution in [0, 0.1) is 58.6 Å². The molecule has 17 rings (SSSR count). The number of likely N-dealkylation sites (tertiary alicyclic amines) is 2. The molecule has 614 valence electrons. The average Bonchev–Trinajstić information content (AvgIpc) is 1.18. The molecule has 8 aliphatic rings. The lowest BCUT2D eigenvalue weighted by atomic mass is 9.92. The van der Waals surface area contributed by atoms with Gasteiger partial charge < -0.3 is 72.2 Å². The molecule has 116 heavy (non-hydrogen) atoms. The van der Waals surface area contributed by atoms with Crippen molar-refractivity contribution < 1.29 is 59.8 Å². The van der Waals surface area contributed by atoms with Gasteiger partial charge in [0.2, 0.25) is 17.7 Å². The van der Waals surface area contributed by atoms with Gasteiger partial charge in [-0.25, -0.2) is 54.8 Å². The first-order chi connectivity index (χ1) is 55.8. The second-order valence-electron chi connectivity index (χ2n) is 31.1. The predicted molar refractivity (Wildman–Crippen MR) is 415 cm³/mol. The molecule has 0 saturated carbocycles. The van der Waals surface area contributed by atoms with Gasteiger partial charge in [-0.2, -0.15) is 0 Å². The monoisotopic (exact) mass is 1610 g/mol. The Kier molecular flexibility index (Phi) is 23.1. The summed E-state index contributed by atoms with van der Waals surface area (Å²) in [6.45, 7) is 18.7. The quantitative estimate of drug-likeness (QED) is 0.0779. The van der Waals surface area contributed by atoms with Crippen molar-refractivity contribution in [3.05, 3.63) is 126 Å². The second kappa shape index (κ2) is 33.7. The molecular weight excluding hydrogens is 1520 g/mol. The zero-order valence-electron chi connectivity index (χ0n) is 64.4. The van der Waals surface area contributed by atoms with Gasteiger partial charge in [0.25, 0.3) is 17.7 Å². The van der Waals surface area contributed by atoms with E-state index >= 15 is 8.78 Å². The molecule has 0 bridgehead atoms. The fourth-order valence-corrected chi connectivity index (χ4v) is 16.8. The van der Waals surface area contributed by atoms with Gasteiger partial charge in [0, 0.05) is 142 Å². The van der Waals surface area contributed by atoms with Crippen LogP contribution >= 0.6 is 0 Å². The Balaban J connectivity index is 0.000000137. The fraction of sp³-hybridized carbons (Fsp3) is 0.487. The van der Waals surface area contributed by atoms with E-state index < -0.39 is 52.6 Å². The Labute approximate surface area is 661 Å². The van der Waals surface area contributed by atoms with Crippen molar-refractivity contribution in [2.45, 2.75) is 76.8 Å². The highest BCUT2D eigenvalue weighted by atomic mass is 19.1. The molecule has 0 aromatic carbocycles. The molecule has 0 unspecified atom stereocenters. The summed E-state index contributed by atoms with van der Waals surface area (Å²) in [7, 11) is 2.12. The predicted octanol–water partition coefficient (Wildman–Crippen LogP) is 5.01. The van der Waals surface area contributed by atoms with Crippen LogP contribution in [0.1, 0.15) is 96.3 Å². The number of aromatic nitrogens is 12. The Morgan fingerprint density at radius 3 is 1.06 bits per heavy atom. The maximum Gasteiger partial charge on any atom is 0.263 e. The maximum atomic E-state index is 15.1. The summed E-state index contributed by atoms with van der Waals surface area (Å²) in [6.07, 6.45) is 18.9. The first-order valence-corrected chi connectivity index (χ1v) is 38.9. The minimum atomic E-state index is -0.674. The molecule has 9 aromatic rings. The number of piperazine rings is 2. The number of likely N-dealkylation sites (N-methyl/N-ethyl adjacent to an activating group) is 1. The fourth-order valence-electron chi connectivity index (χ4n) is 16.8. The highest BCUT2D eigenvalue weighted by Crippen LogP contribution is 2.39. The van der Waals surface area contributed by atoms with Gasteiger partial charge in [-0.15, -0.1) is 15.3 Å². The number of fused-ring (bicyclic) bond motifs is 3. The summed E-state index contributed by atoms with van der Waals surface area (Å²) in [4.78, 5) is 121. The van der Waals surface area contributed by atoms with Crippen molar-refractivity contribution in [1.29, 1.82) is 0 Å². The van der Waals surface area contributed by atoms with E-state index in [9.17, 15) is 46.3 Å². The minimum Gasteiger partial charge on any atom is -0.381 e. The molecule has 34 nitrogen and oxygen atoms in total. The number of ether oxygens (including phenoxy) is 1. The number of nitrogens with two attached hydrogens (primary N) is 3. The molecule has 0 aliphatic carbocycles. The largest absolute Gasteiger partial charge is 0.381 e. The van der Waals surface area contributed by atoms with Crippen LogP contribution in [0.5, 0.6) is 0 Å². The number of rotatable bonds is 14. The summed E-state index contributed by atoms with van der Waals surface area (Å²) >= 11 is 0. The van der Waals surface area contributed by atoms with E-state index in [1.165, 1.54) is 18.6 Å². The van der Waals surface area contributed by atoms with Gasteiger partial charge in [0.15, 0.2) is 69.3 Å². The number of nitrogens with zero attached hydrogens (tertiary/aromatic N) is 21. The molecule has 6 amide bonds. The van der Waals surface area contributed by atoms with Crippen LogP contribution in [0.25, 0.3) is 16.9 Å². The number of nitrogen functional groups attached to an aromatic ring is 3. The van der Waals surface area contributed by atoms with E-state index in [2.05, 4.69) is 96.7 Å². The smallest absolute Gasteiger partial charge is 0.263 e. The van der Waals surface area contributed by atoms with Gasteiger partial charge in [0.05, 0.1) is 110 Å². The molecule has 8 fully saturated rings. The molecule has 0 radical (unpaired) electrons. The van der Waals surface area contributed by atoms with Crippen molar-refractivity contribution in [3.63, 3.8) is 0 Å². The van der Waals surface area contributed by atoms with Crippen LogP contribution in [-0.2, 0) is 19.1 Å². The summed E-state index contributed by atoms with van der Waals surface area (Å²) in [6, 6.07) is 0.596. The first kappa shape index (κ1) is 79.6. The lowest BCUT2D eigenvalue weighted by Crippen LogP contribution is -2.65. The van der Waals surface area contributed by atoms with Crippen LogP contribution in [0.2, 0.25) is 0 Å². The van der Waals surface area contributed by atoms with Crippen LogP contribution < -0.4 is 47.9 Å². The number of halogens is 6. The Hall–Kier alpha value is -11.7. The lowest BCUT2D eigenvalue weighted by Gasteiger charge is -2.50. The van der Waals surface area contributed by atoms with E-state index in [-0.39, 0.29) is 126 Å². The summed E-state index contributed by atoms with van der Waals surface area (Å²) in [5.41, 5.74) is 18.9. The Morgan fingerprint density at radius 2 is 0.750 bits per heavy atom. The van der Waals surface area contributed by atoms with E-state index in [0.29, 0.717) is 103 Å². The SMILES string of the molecule is CC1(N2CCN(C(=O)C3CCN(c4c(F)cncc4NC(=O)c4c(N)nn5cc(F)cnc45)CC3)CC2)COC1.CC1CCN(C(=O)C2CCN(c3c(F)cncc3NC(=O)c3c(N)nn4cc(F)cnc34)CC2)CC1.CN1CC(N2CCN(C(=O)C3CCN(c4c(F)cncc4NC(=O)c4c(N)nn5cc(F)cnc45)CC3)CC2)C1. The van der Waals surface area contributed by atoms with Crippen molar-refractivity contribution in [3.8, 4) is 0 Å². The molecule has 0 spiro atoms. The van der Waals surface area contributed by atoms with E-state index in [4.69, 9.17) is 21.9 Å². The van der Waals surface area contributed by atoms with E-state index in [0.717, 1.165) is 161 Å². The number of carbonyl (C=O) groups is 6. The number of anilines is 9. The molecule has 0 atom stereocenters. The van der Waals surface area contributed by atoms with Crippen LogP contribution in [-0.4, -0.2) is 273 Å². The van der Waals surface area contributed by atoms with Crippen LogP contribution in [0.3, 0.4) is 0 Å². The van der Waals surface area contributed by atoms with Gasteiger partial charge in [-0.3, -0.25) is 53.5 Å². The van der Waals surface area contributed by atoms with Gasteiger partial charge >= 0.3 is 0 Å². The third-order valence-electron chi connectivity index (χ3n) is 23.4. The molecule has 17 heterocycles. The van der Waals surface area contributed by atoms with Crippen molar-refractivity contribution in [2.75, 3.05) is 186 Å². The minimum absolute atomic E-state index is 0.0506. The molecular formula is C76H91F6N27O7. The number of amides is 6. The van der Waals surface area contributed by atoms with Crippen molar-refractivity contribution in [1.82, 2.24) is 88.1 Å². The number of hydrogen-bond acceptors (Lipinski definition) is 25. The van der Waals surface area contributed by atoms with Crippen LogP contribution in [0.15, 0.2) is 74.4 Å². The Morgan fingerprint density at radius 1 is 0.431 bits per heavy atom. The van der Waals surface area contributed by atoms with Crippen LogP contribution in [0.4, 0.5) is 77.9 Å². The first-order valence-electron chi connectivity index (χ1n) is 38.9. The van der Waals surface area contributed by atoms with Crippen molar-refractivity contribution >= 4 is 104 Å². The average molecular weight is 1610 g/mol. The normalized spacial score (nSPS) is 19.1. The molecule has 9 aromatic heterocycles. The highest BCUT2D eigenvalue weighted by molar-refractivity contribution is 6.14. The molecule has 9 N–H and O–H groups in total. The summed E-state index contributed by atoms with van der Waals surface area (Å²) < 4.78 is 94.3. The van der Waals surface area contributed by atoms with Gasteiger partial charge in [0.1, 0.15) is 33.8 Å². The maximum absolute atomic E-state index is 15.1. The Bertz CT molecular complexity index is 5170. The van der Waals surface area contributed by atoms with Gasteiger partial charge in [-0.05, 0) is 71.3 Å². The number of carbonyl (C=O) groups excluding carboxylic acids is 6. The molecule has 40 heteroatoms. The van der Waals surface area contributed by atoms with Crippen molar-refractivity contribution in [2.24, 2.45) is 23.7 Å². The molecule has 8 aliphatic heterocycles.